The minimum absolute atomic E-state index is 0.0925. The standard InChI is InChI=1S/C28H30O4/c1-5-16-9-8-10-17(6-2)26(16)15(4)19-14-25(30)21-12-22-20(13-23(21)28(19)32)24(29)11-18(7-3)27(22)31/h8-10,12-13,15,18-19H,5-7,11,14H2,1-4H3. The third kappa shape index (κ3) is 3.46. The second-order valence-corrected chi connectivity index (χ2v) is 9.12. The van der Waals surface area contributed by atoms with Crippen LogP contribution < -0.4 is 0 Å². The maximum absolute atomic E-state index is 13.6. The number of Topliss-reactive ketones (excluding diaryl/α,β-unsaturated/α-hetero) is 4. The Morgan fingerprint density at radius 3 is 1.84 bits per heavy atom. The summed E-state index contributed by atoms with van der Waals surface area (Å²) in [7, 11) is 0. The third-order valence-corrected chi connectivity index (χ3v) is 7.43. The van der Waals surface area contributed by atoms with Crippen LogP contribution in [-0.2, 0) is 12.8 Å². The first-order valence-corrected chi connectivity index (χ1v) is 11.8. The molecule has 4 heteroatoms. The number of hydrogen-bond donors (Lipinski definition) is 0. The third-order valence-electron chi connectivity index (χ3n) is 7.43. The van der Waals surface area contributed by atoms with Crippen LogP contribution in [-0.4, -0.2) is 23.1 Å². The van der Waals surface area contributed by atoms with E-state index in [0.29, 0.717) is 28.7 Å². The van der Waals surface area contributed by atoms with Gasteiger partial charge in [0, 0.05) is 46.9 Å². The zero-order valence-corrected chi connectivity index (χ0v) is 19.3. The van der Waals surface area contributed by atoms with Gasteiger partial charge < -0.3 is 0 Å². The highest BCUT2D eigenvalue weighted by Crippen LogP contribution is 2.40. The highest BCUT2D eigenvalue weighted by molar-refractivity contribution is 6.21. The lowest BCUT2D eigenvalue weighted by Gasteiger charge is -2.31. The van der Waals surface area contributed by atoms with Crippen molar-refractivity contribution in [3.05, 3.63) is 69.3 Å². The topological polar surface area (TPSA) is 68.3 Å². The summed E-state index contributed by atoms with van der Waals surface area (Å²) in [6.45, 7) is 8.13. The fourth-order valence-electron chi connectivity index (χ4n) is 5.52. The van der Waals surface area contributed by atoms with Crippen molar-refractivity contribution >= 4 is 23.1 Å². The van der Waals surface area contributed by atoms with Gasteiger partial charge in [-0.3, -0.25) is 19.2 Å². The maximum atomic E-state index is 13.6. The number of fused-ring (bicyclic) bond motifs is 2. The van der Waals surface area contributed by atoms with E-state index in [1.165, 1.54) is 28.8 Å². The molecular formula is C28H30O4. The molecule has 0 amide bonds. The van der Waals surface area contributed by atoms with Crippen molar-refractivity contribution in [1.29, 1.82) is 0 Å². The van der Waals surface area contributed by atoms with Gasteiger partial charge in [-0.2, -0.15) is 0 Å². The molecule has 3 atom stereocenters. The first-order valence-electron chi connectivity index (χ1n) is 11.8. The molecule has 0 aromatic heterocycles. The molecule has 2 aromatic carbocycles. The van der Waals surface area contributed by atoms with E-state index >= 15 is 0 Å². The van der Waals surface area contributed by atoms with Crippen LogP contribution in [0.5, 0.6) is 0 Å². The highest BCUT2D eigenvalue weighted by Gasteiger charge is 2.40. The molecule has 32 heavy (non-hydrogen) atoms. The zero-order chi connectivity index (χ0) is 23.2. The van der Waals surface area contributed by atoms with Gasteiger partial charge in [-0.25, -0.2) is 0 Å². The van der Waals surface area contributed by atoms with Crippen LogP contribution in [0.3, 0.4) is 0 Å². The second-order valence-electron chi connectivity index (χ2n) is 9.12. The fourth-order valence-corrected chi connectivity index (χ4v) is 5.52. The molecule has 0 aliphatic heterocycles. The van der Waals surface area contributed by atoms with E-state index in [-0.39, 0.29) is 47.8 Å². The monoisotopic (exact) mass is 430 g/mol. The van der Waals surface area contributed by atoms with Gasteiger partial charge in [0.15, 0.2) is 23.1 Å². The zero-order valence-electron chi connectivity index (χ0n) is 19.3. The molecule has 3 unspecified atom stereocenters. The molecule has 2 aliphatic carbocycles. The number of ketones is 4. The number of rotatable bonds is 5. The summed E-state index contributed by atoms with van der Waals surface area (Å²) in [5.41, 5.74) is 4.80. The largest absolute Gasteiger partial charge is 0.294 e. The first kappa shape index (κ1) is 22.3. The summed E-state index contributed by atoms with van der Waals surface area (Å²) in [6, 6.07) is 9.29. The summed E-state index contributed by atoms with van der Waals surface area (Å²) in [5.74, 6) is -1.34. The lowest BCUT2D eigenvalue weighted by molar-refractivity contribution is 0.0798. The van der Waals surface area contributed by atoms with Crippen molar-refractivity contribution in [3.8, 4) is 0 Å². The predicted octanol–water partition coefficient (Wildman–Crippen LogP) is 5.80. The van der Waals surface area contributed by atoms with E-state index in [0.717, 1.165) is 12.8 Å². The van der Waals surface area contributed by atoms with Crippen LogP contribution in [0.4, 0.5) is 0 Å². The number of carbonyl (C=O) groups is 4. The molecule has 0 bridgehead atoms. The Morgan fingerprint density at radius 1 is 0.781 bits per heavy atom. The summed E-state index contributed by atoms with van der Waals surface area (Å²) < 4.78 is 0. The van der Waals surface area contributed by atoms with Crippen LogP contribution in [0.1, 0.15) is 111 Å². The molecule has 0 saturated heterocycles. The van der Waals surface area contributed by atoms with E-state index in [1.54, 1.807) is 0 Å². The summed E-state index contributed by atoms with van der Waals surface area (Å²) >= 11 is 0. The van der Waals surface area contributed by atoms with Gasteiger partial charge in [0.25, 0.3) is 0 Å². The summed E-state index contributed by atoms with van der Waals surface area (Å²) in [4.78, 5) is 52.3. The Balaban J connectivity index is 1.79. The maximum Gasteiger partial charge on any atom is 0.167 e. The van der Waals surface area contributed by atoms with Crippen LogP contribution in [0, 0.1) is 11.8 Å². The van der Waals surface area contributed by atoms with E-state index in [2.05, 4.69) is 32.0 Å². The van der Waals surface area contributed by atoms with Crippen molar-refractivity contribution in [2.24, 2.45) is 11.8 Å². The average Bonchev–Trinajstić information content (AvgIpc) is 2.81. The number of aryl methyl sites for hydroxylation is 2. The van der Waals surface area contributed by atoms with Crippen LogP contribution in [0.15, 0.2) is 30.3 Å². The Hall–Kier alpha value is -2.88. The molecule has 0 N–H and O–H groups in total. The van der Waals surface area contributed by atoms with Gasteiger partial charge in [-0.15, -0.1) is 0 Å². The first-order chi connectivity index (χ1) is 15.3. The molecule has 4 rings (SSSR count). The van der Waals surface area contributed by atoms with Crippen LogP contribution in [0.25, 0.3) is 0 Å². The Labute approximate surface area is 189 Å². The highest BCUT2D eigenvalue weighted by atomic mass is 16.1. The molecular weight excluding hydrogens is 400 g/mol. The van der Waals surface area contributed by atoms with Gasteiger partial charge in [0.2, 0.25) is 0 Å². The van der Waals surface area contributed by atoms with E-state index in [9.17, 15) is 19.2 Å². The van der Waals surface area contributed by atoms with E-state index in [4.69, 9.17) is 0 Å². The van der Waals surface area contributed by atoms with Crippen LogP contribution in [0.2, 0.25) is 0 Å². The predicted molar refractivity (Wildman–Crippen MR) is 124 cm³/mol. The van der Waals surface area contributed by atoms with Crippen molar-refractivity contribution in [2.75, 3.05) is 0 Å². The summed E-state index contributed by atoms with van der Waals surface area (Å²) in [6.07, 6.45) is 2.62. The Morgan fingerprint density at radius 2 is 1.31 bits per heavy atom. The lowest BCUT2D eigenvalue weighted by atomic mass is 9.70. The van der Waals surface area contributed by atoms with Crippen LogP contribution >= 0.6 is 0 Å². The molecule has 0 fully saturated rings. The molecule has 166 valence electrons. The minimum Gasteiger partial charge on any atom is -0.294 e. The molecule has 0 radical (unpaired) electrons. The van der Waals surface area contributed by atoms with E-state index < -0.39 is 5.92 Å². The number of carbonyl (C=O) groups excluding carboxylic acids is 4. The average molecular weight is 431 g/mol. The minimum atomic E-state index is -0.469. The van der Waals surface area contributed by atoms with Crippen molar-refractivity contribution in [1.82, 2.24) is 0 Å². The molecule has 2 aromatic rings. The van der Waals surface area contributed by atoms with Gasteiger partial charge in [0.05, 0.1) is 0 Å². The van der Waals surface area contributed by atoms with Gasteiger partial charge in [-0.1, -0.05) is 45.9 Å². The Kier molecular flexibility index (Phi) is 5.98. The summed E-state index contributed by atoms with van der Waals surface area (Å²) in [5, 5.41) is 0. The quantitative estimate of drug-likeness (QED) is 0.601. The van der Waals surface area contributed by atoms with Crippen molar-refractivity contribution < 1.29 is 19.2 Å². The molecule has 0 heterocycles. The fraction of sp³-hybridized carbons (Fsp3) is 0.429. The molecule has 0 spiro atoms. The SMILES string of the molecule is CCc1cccc(CC)c1C(C)C1CC(=O)c2cc3c(cc2C1=O)C(=O)CC(CC)C3=O. The molecule has 4 nitrogen and oxygen atoms in total. The Bertz CT molecular complexity index is 1120. The van der Waals surface area contributed by atoms with Gasteiger partial charge >= 0.3 is 0 Å². The number of hydrogen-bond acceptors (Lipinski definition) is 4. The normalized spacial score (nSPS) is 21.4. The van der Waals surface area contributed by atoms with Crippen molar-refractivity contribution in [2.45, 2.75) is 65.7 Å². The van der Waals surface area contributed by atoms with Gasteiger partial charge in [-0.05, 0) is 54.0 Å². The van der Waals surface area contributed by atoms with Gasteiger partial charge in [0.1, 0.15) is 0 Å². The van der Waals surface area contributed by atoms with Crippen molar-refractivity contribution in [3.63, 3.8) is 0 Å². The second kappa shape index (κ2) is 8.57. The lowest BCUT2D eigenvalue weighted by Crippen LogP contribution is -2.33. The molecule has 2 aliphatic rings. The smallest absolute Gasteiger partial charge is 0.167 e. The van der Waals surface area contributed by atoms with E-state index in [1.807, 2.05) is 13.8 Å². The molecule has 0 saturated carbocycles. The number of benzene rings is 2.